The first-order valence-corrected chi connectivity index (χ1v) is 8.68. The fourth-order valence-electron chi connectivity index (χ4n) is 2.13. The maximum absolute atomic E-state index is 5.59. The van der Waals surface area contributed by atoms with E-state index in [4.69, 9.17) is 14.2 Å². The van der Waals surface area contributed by atoms with Gasteiger partial charge in [0.15, 0.2) is 0 Å². The van der Waals surface area contributed by atoms with Gasteiger partial charge in [0.05, 0.1) is 26.4 Å². The van der Waals surface area contributed by atoms with Crippen LogP contribution in [0.1, 0.15) is 53.4 Å². The molecule has 0 rings (SSSR count). The maximum Gasteiger partial charge on any atom is 0.0701 e. The van der Waals surface area contributed by atoms with Crippen molar-refractivity contribution in [3.63, 3.8) is 0 Å². The Kier molecular flexibility index (Phi) is 16.1. The van der Waals surface area contributed by atoms with Gasteiger partial charge < -0.3 is 19.5 Å². The molecule has 4 heteroatoms. The molecule has 0 radical (unpaired) electrons. The van der Waals surface area contributed by atoms with E-state index in [0.29, 0.717) is 38.4 Å². The van der Waals surface area contributed by atoms with E-state index in [1.54, 1.807) is 0 Å². The number of rotatable bonds is 16. The molecule has 0 aromatic carbocycles. The molecule has 0 aromatic heterocycles. The topological polar surface area (TPSA) is 39.7 Å². The molecule has 21 heavy (non-hydrogen) atoms. The Bertz CT molecular complexity index is 200. The second-order valence-corrected chi connectivity index (χ2v) is 5.74. The van der Waals surface area contributed by atoms with Crippen molar-refractivity contribution >= 4 is 0 Å². The second kappa shape index (κ2) is 16.2. The van der Waals surface area contributed by atoms with Gasteiger partial charge in [0.2, 0.25) is 0 Å². The Labute approximate surface area is 131 Å². The Morgan fingerprint density at radius 1 is 0.762 bits per heavy atom. The van der Waals surface area contributed by atoms with Crippen LogP contribution in [0.15, 0.2) is 0 Å². The Morgan fingerprint density at radius 3 is 1.76 bits per heavy atom. The van der Waals surface area contributed by atoms with Crippen molar-refractivity contribution in [1.82, 2.24) is 5.32 Å². The summed E-state index contributed by atoms with van der Waals surface area (Å²) in [6.07, 6.45) is 4.60. The summed E-state index contributed by atoms with van der Waals surface area (Å²) < 4.78 is 16.5. The van der Waals surface area contributed by atoms with Crippen LogP contribution >= 0.6 is 0 Å². The third-order valence-corrected chi connectivity index (χ3v) is 3.46. The highest BCUT2D eigenvalue weighted by molar-refractivity contribution is 4.69. The van der Waals surface area contributed by atoms with E-state index in [0.717, 1.165) is 32.6 Å². The molecule has 0 aliphatic rings. The van der Waals surface area contributed by atoms with Crippen LogP contribution in [0.3, 0.4) is 0 Å². The Balaban J connectivity index is 3.21. The van der Waals surface area contributed by atoms with Crippen molar-refractivity contribution in [2.24, 2.45) is 5.92 Å². The van der Waals surface area contributed by atoms with E-state index in [-0.39, 0.29) is 0 Å². The molecule has 0 bridgehead atoms. The molecule has 0 spiro atoms. The Hall–Kier alpha value is -0.160. The molecule has 1 unspecified atom stereocenters. The van der Waals surface area contributed by atoms with Crippen molar-refractivity contribution in [3.8, 4) is 0 Å². The summed E-state index contributed by atoms with van der Waals surface area (Å²) in [6, 6.07) is 0.607. The minimum absolute atomic E-state index is 0.607. The summed E-state index contributed by atoms with van der Waals surface area (Å²) in [6.45, 7) is 14.3. The van der Waals surface area contributed by atoms with Crippen LogP contribution in [0.4, 0.5) is 0 Å². The molecule has 0 fully saturated rings. The fourth-order valence-corrected chi connectivity index (χ4v) is 2.13. The molecular weight excluding hydrogens is 266 g/mol. The first-order valence-electron chi connectivity index (χ1n) is 8.68. The van der Waals surface area contributed by atoms with Gasteiger partial charge in [-0.15, -0.1) is 0 Å². The van der Waals surface area contributed by atoms with Crippen molar-refractivity contribution in [3.05, 3.63) is 0 Å². The van der Waals surface area contributed by atoms with Crippen molar-refractivity contribution in [1.29, 1.82) is 0 Å². The zero-order valence-electron chi connectivity index (χ0n) is 14.7. The van der Waals surface area contributed by atoms with Gasteiger partial charge in [-0.1, -0.05) is 34.1 Å². The largest absolute Gasteiger partial charge is 0.379 e. The summed E-state index contributed by atoms with van der Waals surface area (Å²) in [5.74, 6) is 0.681. The van der Waals surface area contributed by atoms with E-state index < -0.39 is 0 Å². The zero-order valence-corrected chi connectivity index (χ0v) is 14.7. The van der Waals surface area contributed by atoms with Gasteiger partial charge in [-0.3, -0.25) is 0 Å². The normalized spacial score (nSPS) is 13.0. The molecule has 1 N–H and O–H groups in total. The molecular formula is C17H37NO3. The summed E-state index contributed by atoms with van der Waals surface area (Å²) >= 11 is 0. The van der Waals surface area contributed by atoms with E-state index in [1.165, 1.54) is 12.8 Å². The average Bonchev–Trinajstić information content (AvgIpc) is 2.47. The molecule has 0 amide bonds. The average molecular weight is 303 g/mol. The molecule has 0 aliphatic carbocycles. The van der Waals surface area contributed by atoms with Gasteiger partial charge in [-0.2, -0.15) is 0 Å². The molecule has 0 saturated carbocycles. The monoisotopic (exact) mass is 303 g/mol. The van der Waals surface area contributed by atoms with Crippen LogP contribution in [0.2, 0.25) is 0 Å². The van der Waals surface area contributed by atoms with Gasteiger partial charge in [0.25, 0.3) is 0 Å². The first-order chi connectivity index (χ1) is 10.2. The SMILES string of the molecule is CCCCOCCOCCOCCCC(NCC)C(C)C. The van der Waals surface area contributed by atoms with E-state index in [1.807, 2.05) is 0 Å². The lowest BCUT2D eigenvalue weighted by molar-refractivity contribution is 0.0130. The molecule has 128 valence electrons. The lowest BCUT2D eigenvalue weighted by Gasteiger charge is -2.21. The minimum atomic E-state index is 0.607. The minimum Gasteiger partial charge on any atom is -0.379 e. The van der Waals surface area contributed by atoms with Crippen LogP contribution in [0.25, 0.3) is 0 Å². The van der Waals surface area contributed by atoms with Gasteiger partial charge in [0.1, 0.15) is 0 Å². The maximum atomic E-state index is 5.59. The standard InChI is InChI=1S/C17H37NO3/c1-5-7-10-19-12-14-21-15-13-20-11-8-9-17(16(3)4)18-6-2/h16-18H,5-15H2,1-4H3. The highest BCUT2D eigenvalue weighted by Crippen LogP contribution is 2.08. The number of hydrogen-bond donors (Lipinski definition) is 1. The third-order valence-electron chi connectivity index (χ3n) is 3.46. The number of nitrogens with one attached hydrogen (secondary N) is 1. The fraction of sp³-hybridized carbons (Fsp3) is 1.00. The Morgan fingerprint density at radius 2 is 1.29 bits per heavy atom. The molecule has 0 saturated heterocycles. The molecule has 0 heterocycles. The molecule has 4 nitrogen and oxygen atoms in total. The predicted molar refractivity (Wildman–Crippen MR) is 88.9 cm³/mol. The van der Waals surface area contributed by atoms with Crippen LogP contribution in [0.5, 0.6) is 0 Å². The molecule has 0 aromatic rings. The number of hydrogen-bond acceptors (Lipinski definition) is 4. The summed E-state index contributed by atoms with van der Waals surface area (Å²) in [5, 5.41) is 3.53. The predicted octanol–water partition coefficient (Wildman–Crippen LogP) is 3.25. The molecule has 0 aliphatic heterocycles. The van der Waals surface area contributed by atoms with E-state index in [2.05, 4.69) is 33.0 Å². The van der Waals surface area contributed by atoms with Gasteiger partial charge in [0, 0.05) is 19.3 Å². The lowest BCUT2D eigenvalue weighted by Crippen LogP contribution is -2.33. The highest BCUT2D eigenvalue weighted by atomic mass is 16.5. The molecule has 1 atom stereocenters. The smallest absolute Gasteiger partial charge is 0.0701 e. The van der Waals surface area contributed by atoms with Crippen LogP contribution in [-0.2, 0) is 14.2 Å². The summed E-state index contributed by atoms with van der Waals surface area (Å²) in [4.78, 5) is 0. The van der Waals surface area contributed by atoms with E-state index in [9.17, 15) is 0 Å². The zero-order chi connectivity index (χ0) is 15.8. The van der Waals surface area contributed by atoms with Crippen molar-refractivity contribution in [2.75, 3.05) is 46.2 Å². The highest BCUT2D eigenvalue weighted by Gasteiger charge is 2.10. The van der Waals surface area contributed by atoms with Gasteiger partial charge >= 0.3 is 0 Å². The van der Waals surface area contributed by atoms with Gasteiger partial charge in [-0.05, 0) is 31.7 Å². The van der Waals surface area contributed by atoms with Crippen LogP contribution < -0.4 is 5.32 Å². The van der Waals surface area contributed by atoms with Crippen molar-refractivity contribution < 1.29 is 14.2 Å². The summed E-state index contributed by atoms with van der Waals surface area (Å²) in [5.41, 5.74) is 0. The van der Waals surface area contributed by atoms with Gasteiger partial charge in [-0.25, -0.2) is 0 Å². The second-order valence-electron chi connectivity index (χ2n) is 5.74. The number of unbranched alkanes of at least 4 members (excludes halogenated alkanes) is 1. The van der Waals surface area contributed by atoms with E-state index >= 15 is 0 Å². The van der Waals surface area contributed by atoms with Crippen molar-refractivity contribution in [2.45, 2.75) is 59.4 Å². The number of ether oxygens (including phenoxy) is 3. The first kappa shape index (κ1) is 20.8. The third kappa shape index (κ3) is 14.5. The summed E-state index contributed by atoms with van der Waals surface area (Å²) in [7, 11) is 0. The van der Waals surface area contributed by atoms with Crippen LogP contribution in [0, 0.1) is 5.92 Å². The van der Waals surface area contributed by atoms with Crippen LogP contribution in [-0.4, -0.2) is 52.2 Å². The lowest BCUT2D eigenvalue weighted by atomic mass is 9.99. The quantitative estimate of drug-likeness (QED) is 0.444.